The molecule has 1 rings (SSSR count). The molecule has 3 N–H and O–H groups in total. The monoisotopic (exact) mass is 304 g/mol. The summed E-state index contributed by atoms with van der Waals surface area (Å²) in [5.41, 5.74) is 5.05. The molecular weight excluding hydrogens is 288 g/mol. The smallest absolute Gasteiger partial charge is 0.226 e. The van der Waals surface area contributed by atoms with E-state index in [1.54, 1.807) is 11.3 Å². The molecular formula is C11H17BrN2OS. The van der Waals surface area contributed by atoms with Gasteiger partial charge in [0, 0.05) is 18.0 Å². The predicted molar refractivity (Wildman–Crippen MR) is 71.6 cm³/mol. The van der Waals surface area contributed by atoms with E-state index in [9.17, 15) is 4.79 Å². The topological polar surface area (TPSA) is 55.1 Å². The summed E-state index contributed by atoms with van der Waals surface area (Å²) in [6, 6.07) is 4.08. The standard InChI is InChI=1S/C11H17BrN2OS/c1-11(2,7-13)10(15)14-6-5-8-3-4-9(12)16-8/h3-4H,5-7,13H2,1-2H3,(H,14,15). The molecule has 16 heavy (non-hydrogen) atoms. The number of hydrogen-bond acceptors (Lipinski definition) is 3. The van der Waals surface area contributed by atoms with E-state index in [1.807, 2.05) is 19.9 Å². The second kappa shape index (κ2) is 5.80. The lowest BCUT2D eigenvalue weighted by Crippen LogP contribution is -2.42. The normalized spacial score (nSPS) is 11.5. The Hall–Kier alpha value is -0.390. The minimum absolute atomic E-state index is 0.0191. The largest absolute Gasteiger partial charge is 0.355 e. The van der Waals surface area contributed by atoms with Crippen molar-refractivity contribution in [1.29, 1.82) is 0 Å². The summed E-state index contributed by atoms with van der Waals surface area (Å²) < 4.78 is 1.12. The van der Waals surface area contributed by atoms with E-state index in [4.69, 9.17) is 5.73 Å². The molecule has 0 aliphatic rings. The Balaban J connectivity index is 2.33. The fourth-order valence-electron chi connectivity index (χ4n) is 1.12. The van der Waals surface area contributed by atoms with Gasteiger partial charge in [-0.3, -0.25) is 4.79 Å². The molecule has 1 heterocycles. The lowest BCUT2D eigenvalue weighted by Gasteiger charge is -2.21. The van der Waals surface area contributed by atoms with Crippen molar-refractivity contribution in [1.82, 2.24) is 5.32 Å². The van der Waals surface area contributed by atoms with E-state index in [1.165, 1.54) is 4.88 Å². The Morgan fingerprint density at radius 1 is 1.56 bits per heavy atom. The molecule has 1 aromatic heterocycles. The molecule has 90 valence electrons. The first kappa shape index (κ1) is 13.7. The summed E-state index contributed by atoms with van der Waals surface area (Å²) in [7, 11) is 0. The van der Waals surface area contributed by atoms with Gasteiger partial charge in [0.25, 0.3) is 0 Å². The maximum Gasteiger partial charge on any atom is 0.226 e. The van der Waals surface area contributed by atoms with Gasteiger partial charge in [-0.25, -0.2) is 0 Å². The number of hydrogen-bond donors (Lipinski definition) is 2. The first-order valence-corrected chi connectivity index (χ1v) is 6.79. The van der Waals surface area contributed by atoms with Crippen LogP contribution in [-0.4, -0.2) is 19.0 Å². The minimum Gasteiger partial charge on any atom is -0.355 e. The first-order valence-electron chi connectivity index (χ1n) is 5.18. The van der Waals surface area contributed by atoms with Crippen molar-refractivity contribution in [3.05, 3.63) is 20.8 Å². The molecule has 0 bridgehead atoms. The molecule has 0 saturated heterocycles. The van der Waals surface area contributed by atoms with Crippen molar-refractivity contribution < 1.29 is 4.79 Å². The lowest BCUT2D eigenvalue weighted by atomic mass is 9.93. The van der Waals surface area contributed by atoms with E-state index in [2.05, 4.69) is 27.3 Å². The second-order valence-electron chi connectivity index (χ2n) is 4.30. The summed E-state index contributed by atoms with van der Waals surface area (Å²) in [6.07, 6.45) is 0.864. The number of thiophene rings is 1. The Morgan fingerprint density at radius 3 is 2.75 bits per heavy atom. The van der Waals surface area contributed by atoms with Gasteiger partial charge in [0.15, 0.2) is 0 Å². The van der Waals surface area contributed by atoms with Crippen LogP contribution in [0.4, 0.5) is 0 Å². The number of amides is 1. The number of nitrogens with one attached hydrogen (secondary N) is 1. The number of carbonyl (C=O) groups is 1. The predicted octanol–water partition coefficient (Wildman–Crippen LogP) is 2.15. The first-order chi connectivity index (χ1) is 7.45. The lowest BCUT2D eigenvalue weighted by molar-refractivity contribution is -0.128. The Morgan fingerprint density at radius 2 is 2.25 bits per heavy atom. The zero-order chi connectivity index (χ0) is 12.2. The molecule has 0 aliphatic carbocycles. The van der Waals surface area contributed by atoms with Crippen LogP contribution in [0.15, 0.2) is 15.9 Å². The van der Waals surface area contributed by atoms with Crippen molar-refractivity contribution in [2.75, 3.05) is 13.1 Å². The van der Waals surface area contributed by atoms with Gasteiger partial charge in [-0.2, -0.15) is 0 Å². The zero-order valence-electron chi connectivity index (χ0n) is 9.55. The molecule has 0 fully saturated rings. The molecule has 0 aromatic carbocycles. The van der Waals surface area contributed by atoms with E-state index in [-0.39, 0.29) is 5.91 Å². The highest BCUT2D eigenvalue weighted by molar-refractivity contribution is 9.11. The van der Waals surface area contributed by atoms with Crippen LogP contribution in [0.3, 0.4) is 0 Å². The summed E-state index contributed by atoms with van der Waals surface area (Å²) in [5, 5.41) is 2.90. The molecule has 1 amide bonds. The van der Waals surface area contributed by atoms with Crippen molar-refractivity contribution in [2.24, 2.45) is 11.1 Å². The second-order valence-corrected chi connectivity index (χ2v) is 6.85. The number of nitrogens with two attached hydrogens (primary N) is 1. The summed E-state index contributed by atoms with van der Waals surface area (Å²) >= 11 is 5.10. The third-order valence-electron chi connectivity index (χ3n) is 2.41. The Labute approximate surface area is 109 Å². The van der Waals surface area contributed by atoms with Gasteiger partial charge in [0.1, 0.15) is 0 Å². The van der Waals surface area contributed by atoms with Crippen molar-refractivity contribution in [3.63, 3.8) is 0 Å². The molecule has 0 saturated carbocycles. The van der Waals surface area contributed by atoms with Gasteiger partial charge in [0.2, 0.25) is 5.91 Å². The van der Waals surface area contributed by atoms with Gasteiger partial charge >= 0.3 is 0 Å². The van der Waals surface area contributed by atoms with Crippen LogP contribution in [-0.2, 0) is 11.2 Å². The van der Waals surface area contributed by atoms with Crippen LogP contribution in [0.1, 0.15) is 18.7 Å². The molecule has 0 aliphatic heterocycles. The molecule has 0 unspecified atom stereocenters. The third-order valence-corrected chi connectivity index (χ3v) is 4.09. The maximum absolute atomic E-state index is 11.7. The van der Waals surface area contributed by atoms with Gasteiger partial charge in [-0.05, 0) is 48.3 Å². The van der Waals surface area contributed by atoms with Crippen LogP contribution >= 0.6 is 27.3 Å². The Kier molecular flexibility index (Phi) is 4.95. The van der Waals surface area contributed by atoms with Crippen molar-refractivity contribution in [3.8, 4) is 0 Å². The van der Waals surface area contributed by atoms with Gasteiger partial charge in [0.05, 0.1) is 9.20 Å². The summed E-state index contributed by atoms with van der Waals surface area (Å²) in [5.74, 6) is 0.0191. The molecule has 5 heteroatoms. The maximum atomic E-state index is 11.7. The van der Waals surface area contributed by atoms with Crippen LogP contribution < -0.4 is 11.1 Å². The van der Waals surface area contributed by atoms with Crippen LogP contribution in [0.25, 0.3) is 0 Å². The Bertz CT molecular complexity index is 363. The van der Waals surface area contributed by atoms with Crippen LogP contribution in [0.2, 0.25) is 0 Å². The minimum atomic E-state index is -0.476. The quantitative estimate of drug-likeness (QED) is 0.876. The average molecular weight is 305 g/mol. The number of halogens is 1. The fraction of sp³-hybridized carbons (Fsp3) is 0.545. The van der Waals surface area contributed by atoms with Crippen LogP contribution in [0.5, 0.6) is 0 Å². The number of carbonyl (C=O) groups excluding carboxylic acids is 1. The summed E-state index contributed by atoms with van der Waals surface area (Å²) in [6.45, 7) is 4.73. The van der Waals surface area contributed by atoms with Crippen molar-refractivity contribution in [2.45, 2.75) is 20.3 Å². The fourth-order valence-corrected chi connectivity index (χ4v) is 2.60. The van der Waals surface area contributed by atoms with Gasteiger partial charge < -0.3 is 11.1 Å². The highest BCUT2D eigenvalue weighted by Crippen LogP contribution is 2.22. The zero-order valence-corrected chi connectivity index (χ0v) is 12.0. The van der Waals surface area contributed by atoms with Gasteiger partial charge in [-0.15, -0.1) is 11.3 Å². The molecule has 3 nitrogen and oxygen atoms in total. The van der Waals surface area contributed by atoms with E-state index >= 15 is 0 Å². The summed E-state index contributed by atoms with van der Waals surface area (Å²) in [4.78, 5) is 13.0. The van der Waals surface area contributed by atoms with Crippen molar-refractivity contribution >= 4 is 33.2 Å². The number of rotatable bonds is 5. The molecule has 0 atom stereocenters. The van der Waals surface area contributed by atoms with Crippen LogP contribution in [0, 0.1) is 5.41 Å². The van der Waals surface area contributed by atoms with E-state index < -0.39 is 5.41 Å². The average Bonchev–Trinajstić information content (AvgIpc) is 2.64. The van der Waals surface area contributed by atoms with Gasteiger partial charge in [-0.1, -0.05) is 0 Å². The van der Waals surface area contributed by atoms with E-state index in [0.29, 0.717) is 13.1 Å². The highest BCUT2D eigenvalue weighted by atomic mass is 79.9. The third kappa shape index (κ3) is 3.88. The van der Waals surface area contributed by atoms with E-state index in [0.717, 1.165) is 10.2 Å². The SMILES string of the molecule is CC(C)(CN)C(=O)NCCc1ccc(Br)s1. The molecule has 1 aromatic rings. The molecule has 0 radical (unpaired) electrons. The molecule has 0 spiro atoms. The highest BCUT2D eigenvalue weighted by Gasteiger charge is 2.24.